The average Bonchev–Trinajstić information content (AvgIpc) is 3.54. The Morgan fingerprint density at radius 2 is 1.43 bits per heavy atom. The fraction of sp³-hybridized carbons (Fsp3) is 0.222. The lowest BCUT2D eigenvalue weighted by molar-refractivity contribution is -0.193. The van der Waals surface area contributed by atoms with E-state index in [2.05, 4.69) is 27.4 Å². The second-order valence-electron chi connectivity index (χ2n) is 8.83. The van der Waals surface area contributed by atoms with Crippen molar-refractivity contribution in [3.63, 3.8) is 0 Å². The summed E-state index contributed by atoms with van der Waals surface area (Å²) in [7, 11) is 0. The maximum absolute atomic E-state index is 13.4. The van der Waals surface area contributed by atoms with Crippen LogP contribution in [0.5, 0.6) is 11.5 Å². The van der Waals surface area contributed by atoms with Gasteiger partial charge in [-0.3, -0.25) is 0 Å². The molecule has 4 N–H and O–H groups in total. The zero-order valence-electron chi connectivity index (χ0n) is 21.3. The third-order valence-electron chi connectivity index (χ3n) is 5.73. The van der Waals surface area contributed by atoms with Crippen LogP contribution in [0.4, 0.5) is 30.7 Å². The van der Waals surface area contributed by atoms with Crippen LogP contribution in [0.15, 0.2) is 67.0 Å². The third-order valence-corrected chi connectivity index (χ3v) is 5.73. The van der Waals surface area contributed by atoms with Crippen LogP contribution in [0, 0.1) is 5.82 Å². The second kappa shape index (κ2) is 13.3. The molecule has 0 aliphatic heterocycles. The van der Waals surface area contributed by atoms with E-state index >= 15 is 0 Å². The third kappa shape index (κ3) is 9.47. The van der Waals surface area contributed by atoms with Gasteiger partial charge in [0.2, 0.25) is 0 Å². The molecule has 42 heavy (non-hydrogen) atoms. The molecule has 1 atom stereocenters. The number of halogens is 7. The van der Waals surface area contributed by atoms with Gasteiger partial charge in [0.25, 0.3) is 0 Å². The zero-order valence-corrected chi connectivity index (χ0v) is 21.3. The SMILES string of the molecule is Fc1ccc2c(c1)C[C@H](NCc1ccc(Oc3ccc4nc[nH]c4c3)cc1)C2.O=C(O)C(F)(F)F.O=C(O)C(F)(F)F. The van der Waals surface area contributed by atoms with Gasteiger partial charge in [-0.25, -0.2) is 19.0 Å². The number of nitrogens with one attached hydrogen (secondary N) is 2. The summed E-state index contributed by atoms with van der Waals surface area (Å²) in [4.78, 5) is 25.1. The molecule has 15 heteroatoms. The molecule has 0 saturated carbocycles. The summed E-state index contributed by atoms with van der Waals surface area (Å²) >= 11 is 0. The van der Waals surface area contributed by atoms with Crippen molar-refractivity contribution in [2.24, 2.45) is 0 Å². The molecule has 0 amide bonds. The van der Waals surface area contributed by atoms with Crippen LogP contribution in [-0.2, 0) is 29.0 Å². The fourth-order valence-electron chi connectivity index (χ4n) is 3.78. The number of benzene rings is 3. The zero-order chi connectivity index (χ0) is 31.1. The molecule has 0 fully saturated rings. The Hall–Kier alpha value is -4.66. The van der Waals surface area contributed by atoms with Gasteiger partial charge in [0.1, 0.15) is 17.3 Å². The van der Waals surface area contributed by atoms with Crippen LogP contribution >= 0.6 is 0 Å². The molecule has 0 bridgehead atoms. The van der Waals surface area contributed by atoms with E-state index in [1.807, 2.05) is 36.4 Å². The quantitative estimate of drug-likeness (QED) is 0.206. The molecule has 0 unspecified atom stereocenters. The van der Waals surface area contributed by atoms with Gasteiger partial charge < -0.3 is 25.3 Å². The lowest BCUT2D eigenvalue weighted by Crippen LogP contribution is -2.28. The van der Waals surface area contributed by atoms with Crippen molar-refractivity contribution in [1.82, 2.24) is 15.3 Å². The lowest BCUT2D eigenvalue weighted by atomic mass is 10.1. The van der Waals surface area contributed by atoms with Crippen molar-refractivity contribution in [2.75, 3.05) is 0 Å². The van der Waals surface area contributed by atoms with Crippen molar-refractivity contribution in [3.05, 3.63) is 89.5 Å². The number of nitrogens with zero attached hydrogens (tertiary/aromatic N) is 1. The molecule has 4 aromatic rings. The predicted octanol–water partition coefficient (Wildman–Crippen LogP) is 6.02. The van der Waals surface area contributed by atoms with Crippen molar-refractivity contribution in [3.8, 4) is 11.5 Å². The molecule has 3 aromatic carbocycles. The summed E-state index contributed by atoms with van der Waals surface area (Å²) in [5.74, 6) is -4.09. The number of H-pyrrole nitrogens is 1. The first-order chi connectivity index (χ1) is 19.6. The standard InChI is InChI=1S/C23H20FN3O.2C2HF3O2/c24-18-4-3-16-10-19(11-17(16)9-18)25-13-15-1-5-20(6-2-15)28-21-7-8-22-23(12-21)27-14-26-22;2*3-2(4,5)1(6)7/h1-9,12,14,19,25H,10-11,13H2,(H,26,27);2*(H,6,7)/t19-;;/m1../s1. The molecule has 224 valence electrons. The van der Waals surface area contributed by atoms with Gasteiger partial charge in [0.15, 0.2) is 0 Å². The Bertz CT molecular complexity index is 1500. The number of alkyl halides is 6. The maximum atomic E-state index is 13.4. The number of aliphatic carboxylic acids is 2. The number of carbonyl (C=O) groups is 2. The van der Waals surface area contributed by atoms with Crippen LogP contribution in [0.1, 0.15) is 16.7 Å². The topological polar surface area (TPSA) is 125 Å². The minimum absolute atomic E-state index is 0.151. The lowest BCUT2D eigenvalue weighted by Gasteiger charge is -2.12. The van der Waals surface area contributed by atoms with E-state index in [0.717, 1.165) is 47.5 Å². The monoisotopic (exact) mass is 601 g/mol. The number of hydrogen-bond acceptors (Lipinski definition) is 5. The summed E-state index contributed by atoms with van der Waals surface area (Å²) in [6, 6.07) is 19.3. The van der Waals surface area contributed by atoms with Crippen LogP contribution in [-0.4, -0.2) is 50.5 Å². The molecule has 1 heterocycles. The highest BCUT2D eigenvalue weighted by Crippen LogP contribution is 2.26. The minimum Gasteiger partial charge on any atom is -0.475 e. The highest BCUT2D eigenvalue weighted by atomic mass is 19.4. The van der Waals surface area contributed by atoms with E-state index < -0.39 is 24.3 Å². The van der Waals surface area contributed by atoms with Gasteiger partial charge in [0, 0.05) is 18.7 Å². The number of carboxylic acids is 2. The summed E-state index contributed by atoms with van der Waals surface area (Å²) in [5, 5.41) is 17.8. The first kappa shape index (κ1) is 31.9. The number of rotatable bonds is 5. The van der Waals surface area contributed by atoms with E-state index in [0.29, 0.717) is 6.04 Å². The summed E-state index contributed by atoms with van der Waals surface area (Å²) < 4.78 is 82.8. The van der Waals surface area contributed by atoms with E-state index in [-0.39, 0.29) is 5.82 Å². The maximum Gasteiger partial charge on any atom is 0.490 e. The Kier molecular flexibility index (Phi) is 10.1. The average molecular weight is 601 g/mol. The fourth-order valence-corrected chi connectivity index (χ4v) is 3.78. The first-order valence-electron chi connectivity index (χ1n) is 11.9. The van der Waals surface area contributed by atoms with Gasteiger partial charge in [0.05, 0.1) is 17.4 Å². The molecule has 1 aliphatic carbocycles. The molecular weight excluding hydrogens is 579 g/mol. The molecule has 5 rings (SSSR count). The van der Waals surface area contributed by atoms with Crippen LogP contribution in [0.25, 0.3) is 11.0 Å². The number of aromatic amines is 1. The smallest absolute Gasteiger partial charge is 0.475 e. The number of aromatic nitrogens is 2. The highest BCUT2D eigenvalue weighted by Gasteiger charge is 2.38. The van der Waals surface area contributed by atoms with Gasteiger partial charge in [-0.1, -0.05) is 18.2 Å². The Morgan fingerprint density at radius 1 is 0.857 bits per heavy atom. The van der Waals surface area contributed by atoms with Crippen molar-refractivity contribution < 1.29 is 55.3 Å². The molecular formula is C27H22F7N3O5. The molecule has 8 nitrogen and oxygen atoms in total. The summed E-state index contributed by atoms with van der Waals surface area (Å²) in [5.41, 5.74) is 5.44. The number of ether oxygens (including phenoxy) is 1. The summed E-state index contributed by atoms with van der Waals surface area (Å²) in [6.45, 7) is 0.779. The molecule has 1 aromatic heterocycles. The molecule has 0 spiro atoms. The highest BCUT2D eigenvalue weighted by molar-refractivity contribution is 5.76. The Balaban J connectivity index is 0.000000289. The number of fused-ring (bicyclic) bond motifs is 2. The first-order valence-corrected chi connectivity index (χ1v) is 11.9. The Labute approximate surface area is 232 Å². The van der Waals surface area contributed by atoms with Crippen LogP contribution < -0.4 is 10.1 Å². The second-order valence-corrected chi connectivity index (χ2v) is 8.83. The number of carboxylic acid groups (broad SMARTS) is 2. The predicted molar refractivity (Wildman–Crippen MR) is 134 cm³/mol. The molecule has 0 radical (unpaired) electrons. The number of imidazole rings is 1. The summed E-state index contributed by atoms with van der Waals surface area (Å²) in [6.07, 6.45) is -6.66. The van der Waals surface area contributed by atoms with Gasteiger partial charge in [-0.15, -0.1) is 0 Å². The van der Waals surface area contributed by atoms with E-state index in [1.54, 1.807) is 18.5 Å². The van der Waals surface area contributed by atoms with Crippen LogP contribution in [0.2, 0.25) is 0 Å². The van der Waals surface area contributed by atoms with Gasteiger partial charge >= 0.3 is 24.3 Å². The van der Waals surface area contributed by atoms with Gasteiger partial charge in [-0.05, 0) is 65.9 Å². The van der Waals surface area contributed by atoms with E-state index in [1.165, 1.54) is 11.1 Å². The van der Waals surface area contributed by atoms with Crippen LogP contribution in [0.3, 0.4) is 0 Å². The van der Waals surface area contributed by atoms with Crippen molar-refractivity contribution in [1.29, 1.82) is 0 Å². The molecule has 0 saturated heterocycles. The Morgan fingerprint density at radius 3 is 2.02 bits per heavy atom. The van der Waals surface area contributed by atoms with Gasteiger partial charge in [-0.2, -0.15) is 26.3 Å². The molecule has 1 aliphatic rings. The number of hydrogen-bond donors (Lipinski definition) is 4. The van der Waals surface area contributed by atoms with E-state index in [9.17, 15) is 30.7 Å². The minimum atomic E-state index is -5.08. The van der Waals surface area contributed by atoms with Crippen molar-refractivity contribution in [2.45, 2.75) is 37.8 Å². The van der Waals surface area contributed by atoms with E-state index in [4.69, 9.17) is 24.5 Å². The van der Waals surface area contributed by atoms with Crippen molar-refractivity contribution >= 4 is 23.0 Å². The largest absolute Gasteiger partial charge is 0.490 e. The normalized spacial score (nSPS) is 14.2.